The Morgan fingerprint density at radius 1 is 1.25 bits per heavy atom. The summed E-state index contributed by atoms with van der Waals surface area (Å²) in [5.41, 5.74) is -0.373. The van der Waals surface area contributed by atoms with E-state index in [0.29, 0.717) is 24.1 Å². The third kappa shape index (κ3) is 4.55. The number of guanidine groups is 1. The maximum atomic E-state index is 10.4. The lowest BCUT2D eigenvalue weighted by molar-refractivity contribution is -0.168. The van der Waals surface area contributed by atoms with Gasteiger partial charge in [0, 0.05) is 24.6 Å². The van der Waals surface area contributed by atoms with E-state index in [1.807, 2.05) is 13.8 Å². The number of aliphatic imine (C=N–C) groups is 1. The Morgan fingerprint density at radius 3 is 2.38 bits per heavy atom. The highest BCUT2D eigenvalue weighted by atomic mass is 127. The molecular weight excluding hydrogens is 417 g/mol. The molecular formula is C18H36IN3O2. The summed E-state index contributed by atoms with van der Waals surface area (Å²) in [5, 5.41) is 17.4. The van der Waals surface area contributed by atoms with Gasteiger partial charge < -0.3 is 20.5 Å². The molecule has 2 aliphatic carbocycles. The molecule has 2 saturated carbocycles. The van der Waals surface area contributed by atoms with E-state index in [4.69, 9.17) is 4.74 Å². The topological polar surface area (TPSA) is 65.9 Å². The van der Waals surface area contributed by atoms with Crippen LogP contribution in [0.2, 0.25) is 0 Å². The Hall–Kier alpha value is -0.0800. The molecule has 0 aliphatic heterocycles. The second kappa shape index (κ2) is 9.57. The van der Waals surface area contributed by atoms with Gasteiger partial charge in [-0.25, -0.2) is 0 Å². The van der Waals surface area contributed by atoms with Crippen molar-refractivity contribution in [2.75, 3.05) is 19.7 Å². The molecule has 0 aromatic rings. The summed E-state index contributed by atoms with van der Waals surface area (Å²) in [4.78, 5) is 4.65. The van der Waals surface area contributed by atoms with Gasteiger partial charge in [-0.1, -0.05) is 20.3 Å². The minimum absolute atomic E-state index is 0. The fourth-order valence-corrected chi connectivity index (χ4v) is 3.83. The van der Waals surface area contributed by atoms with Crippen molar-refractivity contribution in [2.45, 2.75) is 84.0 Å². The van der Waals surface area contributed by atoms with Gasteiger partial charge in [-0.3, -0.25) is 4.99 Å². The first-order chi connectivity index (χ1) is 11.0. The molecule has 0 amide bonds. The quantitative estimate of drug-likeness (QED) is 0.300. The number of halogens is 1. The van der Waals surface area contributed by atoms with E-state index in [0.717, 1.165) is 38.4 Å². The number of nitrogens with one attached hydrogen (secondary N) is 2. The van der Waals surface area contributed by atoms with Crippen LogP contribution in [0.4, 0.5) is 0 Å². The van der Waals surface area contributed by atoms with Crippen LogP contribution in [0, 0.1) is 5.41 Å². The Balaban J connectivity index is 0.00000288. The molecule has 6 heteroatoms. The maximum Gasteiger partial charge on any atom is 0.191 e. The molecule has 0 saturated heterocycles. The summed E-state index contributed by atoms with van der Waals surface area (Å²) in [6.07, 6.45) is 6.74. The highest BCUT2D eigenvalue weighted by Crippen LogP contribution is 2.57. The molecule has 2 unspecified atom stereocenters. The van der Waals surface area contributed by atoms with Crippen molar-refractivity contribution >= 4 is 29.9 Å². The predicted molar refractivity (Wildman–Crippen MR) is 110 cm³/mol. The number of hydrogen-bond acceptors (Lipinski definition) is 3. The van der Waals surface area contributed by atoms with E-state index in [1.54, 1.807) is 0 Å². The third-order valence-electron chi connectivity index (χ3n) is 5.94. The van der Waals surface area contributed by atoms with E-state index in [1.165, 1.54) is 19.3 Å². The molecule has 2 fully saturated rings. The Bertz CT molecular complexity index is 409. The van der Waals surface area contributed by atoms with Crippen molar-refractivity contribution in [3.05, 3.63) is 0 Å². The normalized spacial score (nSPS) is 25.5. The molecule has 0 heterocycles. The molecule has 1 spiro atoms. The first kappa shape index (κ1) is 22.0. The number of aliphatic hydroxyl groups is 1. The summed E-state index contributed by atoms with van der Waals surface area (Å²) in [6, 6.07) is 0.446. The van der Waals surface area contributed by atoms with Crippen molar-refractivity contribution in [1.82, 2.24) is 10.6 Å². The van der Waals surface area contributed by atoms with Crippen molar-refractivity contribution in [3.63, 3.8) is 0 Å². The lowest BCUT2D eigenvalue weighted by atomic mass is 9.51. The van der Waals surface area contributed by atoms with E-state index in [9.17, 15) is 5.11 Å². The molecule has 24 heavy (non-hydrogen) atoms. The van der Waals surface area contributed by atoms with Gasteiger partial charge in [0.2, 0.25) is 0 Å². The lowest BCUT2D eigenvalue weighted by Gasteiger charge is -2.61. The SMILES string of the molecule is CCNC(=NCC(O)(CC)CC)NC1CC(OCC)C12CCC2.I. The van der Waals surface area contributed by atoms with E-state index in [2.05, 4.69) is 29.5 Å². The van der Waals surface area contributed by atoms with Gasteiger partial charge in [-0.2, -0.15) is 0 Å². The van der Waals surface area contributed by atoms with Gasteiger partial charge in [-0.05, 0) is 46.0 Å². The average molecular weight is 453 g/mol. The second-order valence-corrected chi connectivity index (χ2v) is 7.09. The van der Waals surface area contributed by atoms with Crippen LogP contribution < -0.4 is 10.6 Å². The lowest BCUT2D eigenvalue weighted by Crippen LogP contribution is -2.68. The molecule has 2 atom stereocenters. The van der Waals surface area contributed by atoms with Crippen LogP contribution in [0.25, 0.3) is 0 Å². The first-order valence-electron chi connectivity index (χ1n) is 9.42. The summed E-state index contributed by atoms with van der Waals surface area (Å²) in [6.45, 7) is 10.3. The molecule has 0 radical (unpaired) electrons. The average Bonchev–Trinajstić information content (AvgIpc) is 2.49. The largest absolute Gasteiger partial charge is 0.388 e. The number of rotatable bonds is 8. The van der Waals surface area contributed by atoms with Gasteiger partial charge in [0.05, 0.1) is 18.2 Å². The van der Waals surface area contributed by atoms with Gasteiger partial charge in [0.1, 0.15) is 0 Å². The van der Waals surface area contributed by atoms with Crippen molar-refractivity contribution in [1.29, 1.82) is 0 Å². The van der Waals surface area contributed by atoms with Gasteiger partial charge >= 0.3 is 0 Å². The molecule has 2 rings (SSSR count). The van der Waals surface area contributed by atoms with Gasteiger partial charge in [0.25, 0.3) is 0 Å². The molecule has 142 valence electrons. The van der Waals surface area contributed by atoms with E-state index in [-0.39, 0.29) is 24.0 Å². The number of nitrogens with zero attached hydrogens (tertiary/aromatic N) is 1. The smallest absolute Gasteiger partial charge is 0.191 e. The molecule has 0 aromatic heterocycles. The molecule has 2 aliphatic rings. The Labute approximate surface area is 164 Å². The zero-order valence-electron chi connectivity index (χ0n) is 15.7. The van der Waals surface area contributed by atoms with Crippen LogP contribution in [0.3, 0.4) is 0 Å². The van der Waals surface area contributed by atoms with Gasteiger partial charge in [-0.15, -0.1) is 24.0 Å². The van der Waals surface area contributed by atoms with Gasteiger partial charge in [0.15, 0.2) is 5.96 Å². The molecule has 0 aromatic carbocycles. The van der Waals surface area contributed by atoms with Crippen molar-refractivity contribution < 1.29 is 9.84 Å². The van der Waals surface area contributed by atoms with Crippen LogP contribution >= 0.6 is 24.0 Å². The molecule has 5 nitrogen and oxygen atoms in total. The standard InChI is InChI=1S/C18H35N3O2.HI/c1-5-17(22,6-2)13-20-16(19-7-3)21-14-12-15(23-8-4)18(14)10-9-11-18;/h14-15,22H,5-13H2,1-4H3,(H2,19,20,21);1H. The molecule has 0 bridgehead atoms. The Kier molecular flexibility index (Phi) is 8.76. The number of hydrogen-bond donors (Lipinski definition) is 3. The van der Waals surface area contributed by atoms with Crippen molar-refractivity contribution in [2.24, 2.45) is 10.4 Å². The van der Waals surface area contributed by atoms with Crippen LogP contribution in [-0.2, 0) is 4.74 Å². The van der Waals surface area contributed by atoms with Crippen LogP contribution in [0.5, 0.6) is 0 Å². The minimum Gasteiger partial charge on any atom is -0.388 e. The van der Waals surface area contributed by atoms with Crippen LogP contribution in [0.1, 0.15) is 66.2 Å². The predicted octanol–water partition coefficient (Wildman–Crippen LogP) is 3.06. The summed E-state index contributed by atoms with van der Waals surface area (Å²) < 4.78 is 5.92. The summed E-state index contributed by atoms with van der Waals surface area (Å²) in [7, 11) is 0. The molecule has 3 N–H and O–H groups in total. The van der Waals surface area contributed by atoms with Crippen molar-refractivity contribution in [3.8, 4) is 0 Å². The highest BCUT2D eigenvalue weighted by molar-refractivity contribution is 14.0. The highest BCUT2D eigenvalue weighted by Gasteiger charge is 2.59. The van der Waals surface area contributed by atoms with Crippen LogP contribution in [0.15, 0.2) is 4.99 Å². The zero-order valence-corrected chi connectivity index (χ0v) is 18.1. The number of ether oxygens (including phenoxy) is 1. The monoisotopic (exact) mass is 453 g/mol. The fraction of sp³-hybridized carbons (Fsp3) is 0.944. The zero-order chi connectivity index (χ0) is 16.9. The van der Waals surface area contributed by atoms with E-state index >= 15 is 0 Å². The Morgan fingerprint density at radius 2 is 1.92 bits per heavy atom. The second-order valence-electron chi connectivity index (χ2n) is 7.09. The third-order valence-corrected chi connectivity index (χ3v) is 5.94. The first-order valence-corrected chi connectivity index (χ1v) is 9.42. The summed E-state index contributed by atoms with van der Waals surface area (Å²) >= 11 is 0. The minimum atomic E-state index is -0.690. The van der Waals surface area contributed by atoms with Crippen LogP contribution in [-0.4, -0.2) is 48.5 Å². The van der Waals surface area contributed by atoms with E-state index < -0.39 is 5.60 Å². The maximum absolute atomic E-state index is 10.4. The summed E-state index contributed by atoms with van der Waals surface area (Å²) in [5.74, 6) is 0.832. The fourth-order valence-electron chi connectivity index (χ4n) is 3.83.